The number of aryl methyl sites for hydroxylation is 1. The van der Waals surface area contributed by atoms with Crippen LogP contribution in [0.4, 0.5) is 0 Å². The first-order chi connectivity index (χ1) is 8.78. The Bertz CT molecular complexity index is 548. The van der Waals surface area contributed by atoms with Gasteiger partial charge in [-0.25, -0.2) is 4.98 Å². The number of imidazole rings is 1. The summed E-state index contributed by atoms with van der Waals surface area (Å²) in [6.07, 6.45) is 4.55. The summed E-state index contributed by atoms with van der Waals surface area (Å²) in [5.41, 5.74) is 2.25. The molecule has 0 aliphatic carbocycles. The van der Waals surface area contributed by atoms with Crippen LogP contribution < -0.4 is 0 Å². The van der Waals surface area contributed by atoms with E-state index in [0.29, 0.717) is 0 Å². The molecule has 0 amide bonds. The van der Waals surface area contributed by atoms with Crippen molar-refractivity contribution in [3.05, 3.63) is 34.1 Å². The standard InChI is InChI=1S/C12H15BrN4O/c1-2-10-9(8-18-15-10)6-16-3-4-17-11(13)5-14-12(17)7-16/h5,8H,2-4,6-7H2,1H3. The molecule has 5 nitrogen and oxygen atoms in total. The van der Waals surface area contributed by atoms with Crippen LogP contribution in [-0.4, -0.2) is 26.2 Å². The molecule has 0 fully saturated rings. The van der Waals surface area contributed by atoms with Gasteiger partial charge in [0, 0.05) is 25.2 Å². The molecule has 1 aliphatic heterocycles. The third kappa shape index (κ3) is 2.10. The van der Waals surface area contributed by atoms with Crippen molar-refractivity contribution in [2.45, 2.75) is 33.0 Å². The lowest BCUT2D eigenvalue weighted by atomic mass is 10.2. The lowest BCUT2D eigenvalue weighted by Crippen LogP contribution is -2.33. The molecule has 0 unspecified atom stereocenters. The maximum atomic E-state index is 5.05. The smallest absolute Gasteiger partial charge is 0.128 e. The predicted molar refractivity (Wildman–Crippen MR) is 69.9 cm³/mol. The zero-order valence-corrected chi connectivity index (χ0v) is 11.9. The molecular formula is C12H15BrN4O. The van der Waals surface area contributed by atoms with Crippen molar-refractivity contribution in [2.24, 2.45) is 0 Å². The van der Waals surface area contributed by atoms with Gasteiger partial charge < -0.3 is 9.09 Å². The molecule has 6 heteroatoms. The Kier molecular flexibility index (Phi) is 3.22. The van der Waals surface area contributed by atoms with E-state index in [0.717, 1.165) is 48.7 Å². The molecule has 3 rings (SSSR count). The number of hydrogen-bond donors (Lipinski definition) is 0. The number of hydrogen-bond acceptors (Lipinski definition) is 4. The number of fused-ring (bicyclic) bond motifs is 1. The van der Waals surface area contributed by atoms with Gasteiger partial charge in [0.1, 0.15) is 16.7 Å². The fourth-order valence-electron chi connectivity index (χ4n) is 2.35. The molecule has 96 valence electrons. The Morgan fingerprint density at radius 1 is 1.44 bits per heavy atom. The minimum absolute atomic E-state index is 0.875. The monoisotopic (exact) mass is 310 g/mol. The van der Waals surface area contributed by atoms with Gasteiger partial charge in [-0.15, -0.1) is 0 Å². The van der Waals surface area contributed by atoms with Gasteiger partial charge in [-0.05, 0) is 22.4 Å². The SMILES string of the molecule is CCc1nocc1CN1CCn2c(Br)cnc2C1. The molecule has 0 N–H and O–H groups in total. The van der Waals surface area contributed by atoms with Gasteiger partial charge >= 0.3 is 0 Å². The average molecular weight is 311 g/mol. The highest BCUT2D eigenvalue weighted by atomic mass is 79.9. The molecule has 0 saturated carbocycles. The van der Waals surface area contributed by atoms with Crippen LogP contribution in [0.1, 0.15) is 24.0 Å². The first kappa shape index (κ1) is 11.9. The van der Waals surface area contributed by atoms with Crippen LogP contribution >= 0.6 is 15.9 Å². The first-order valence-corrected chi connectivity index (χ1v) is 6.91. The van der Waals surface area contributed by atoms with Crippen LogP contribution in [0.5, 0.6) is 0 Å². The van der Waals surface area contributed by atoms with Crippen molar-refractivity contribution in [1.29, 1.82) is 0 Å². The summed E-state index contributed by atoms with van der Waals surface area (Å²) < 4.78 is 8.33. The Morgan fingerprint density at radius 2 is 2.33 bits per heavy atom. The summed E-state index contributed by atoms with van der Waals surface area (Å²) in [5, 5.41) is 4.02. The Labute approximate surface area is 114 Å². The van der Waals surface area contributed by atoms with Gasteiger partial charge in [0.25, 0.3) is 0 Å². The Hall–Kier alpha value is -1.14. The van der Waals surface area contributed by atoms with Crippen molar-refractivity contribution in [3.63, 3.8) is 0 Å². The zero-order valence-electron chi connectivity index (χ0n) is 10.3. The summed E-state index contributed by atoms with van der Waals surface area (Å²) in [5.74, 6) is 1.11. The number of halogens is 1. The van der Waals surface area contributed by atoms with Gasteiger partial charge in [0.2, 0.25) is 0 Å². The van der Waals surface area contributed by atoms with E-state index in [-0.39, 0.29) is 0 Å². The Morgan fingerprint density at radius 3 is 3.17 bits per heavy atom. The van der Waals surface area contributed by atoms with E-state index in [1.807, 2.05) is 6.20 Å². The van der Waals surface area contributed by atoms with Gasteiger partial charge in [-0.3, -0.25) is 4.90 Å². The summed E-state index contributed by atoms with van der Waals surface area (Å²) in [6, 6.07) is 0. The number of rotatable bonds is 3. The minimum Gasteiger partial charge on any atom is -0.364 e. The maximum absolute atomic E-state index is 5.05. The van der Waals surface area contributed by atoms with E-state index in [1.165, 1.54) is 5.56 Å². The Balaban J connectivity index is 1.73. The molecule has 2 aromatic rings. The molecule has 1 aliphatic rings. The molecule has 0 atom stereocenters. The van der Waals surface area contributed by atoms with Gasteiger partial charge in [-0.2, -0.15) is 0 Å². The third-order valence-corrected chi connectivity index (χ3v) is 3.98. The average Bonchev–Trinajstić information content (AvgIpc) is 2.97. The van der Waals surface area contributed by atoms with Crippen molar-refractivity contribution in [1.82, 2.24) is 19.6 Å². The maximum Gasteiger partial charge on any atom is 0.128 e. The fourth-order valence-corrected chi connectivity index (χ4v) is 2.83. The summed E-state index contributed by atoms with van der Waals surface area (Å²) in [4.78, 5) is 6.79. The highest BCUT2D eigenvalue weighted by molar-refractivity contribution is 9.10. The van der Waals surface area contributed by atoms with Crippen molar-refractivity contribution < 1.29 is 4.52 Å². The van der Waals surface area contributed by atoms with E-state index in [4.69, 9.17) is 4.52 Å². The van der Waals surface area contributed by atoms with Crippen LogP contribution in [0.25, 0.3) is 0 Å². The second-order valence-electron chi connectivity index (χ2n) is 4.50. The third-order valence-electron chi connectivity index (χ3n) is 3.35. The van der Waals surface area contributed by atoms with Gasteiger partial charge in [0.15, 0.2) is 0 Å². The first-order valence-electron chi connectivity index (χ1n) is 6.12. The van der Waals surface area contributed by atoms with E-state index in [2.05, 4.69) is 42.5 Å². The van der Waals surface area contributed by atoms with Crippen LogP contribution in [0.3, 0.4) is 0 Å². The van der Waals surface area contributed by atoms with E-state index < -0.39 is 0 Å². The second-order valence-corrected chi connectivity index (χ2v) is 5.31. The van der Waals surface area contributed by atoms with Gasteiger partial charge in [-0.1, -0.05) is 12.1 Å². The predicted octanol–water partition coefficient (Wildman–Crippen LogP) is 2.21. The summed E-state index contributed by atoms with van der Waals surface area (Å²) in [7, 11) is 0. The molecule has 2 aromatic heterocycles. The van der Waals surface area contributed by atoms with E-state index in [1.54, 1.807) is 6.26 Å². The highest BCUT2D eigenvalue weighted by Crippen LogP contribution is 2.20. The topological polar surface area (TPSA) is 47.1 Å². The summed E-state index contributed by atoms with van der Waals surface area (Å²) >= 11 is 3.51. The van der Waals surface area contributed by atoms with E-state index >= 15 is 0 Å². The van der Waals surface area contributed by atoms with Crippen LogP contribution in [0.15, 0.2) is 21.6 Å². The second kappa shape index (κ2) is 4.85. The number of aromatic nitrogens is 3. The van der Waals surface area contributed by atoms with Crippen molar-refractivity contribution >= 4 is 15.9 Å². The number of nitrogens with zero attached hydrogens (tertiary/aromatic N) is 4. The molecule has 0 bridgehead atoms. The molecule has 0 radical (unpaired) electrons. The van der Waals surface area contributed by atoms with Crippen LogP contribution in [-0.2, 0) is 26.1 Å². The quantitative estimate of drug-likeness (QED) is 0.872. The van der Waals surface area contributed by atoms with Crippen molar-refractivity contribution in [3.8, 4) is 0 Å². The zero-order chi connectivity index (χ0) is 12.5. The normalized spacial score (nSPS) is 15.9. The molecule has 0 saturated heterocycles. The highest BCUT2D eigenvalue weighted by Gasteiger charge is 2.20. The van der Waals surface area contributed by atoms with Crippen LogP contribution in [0.2, 0.25) is 0 Å². The summed E-state index contributed by atoms with van der Waals surface area (Å²) in [6.45, 7) is 5.86. The molecule has 18 heavy (non-hydrogen) atoms. The van der Waals surface area contributed by atoms with Crippen LogP contribution in [0, 0.1) is 0 Å². The largest absolute Gasteiger partial charge is 0.364 e. The molecule has 3 heterocycles. The molecule has 0 spiro atoms. The molecule has 0 aromatic carbocycles. The van der Waals surface area contributed by atoms with Gasteiger partial charge in [0.05, 0.1) is 18.4 Å². The van der Waals surface area contributed by atoms with Crippen molar-refractivity contribution in [2.75, 3.05) is 6.54 Å². The molecular weight excluding hydrogens is 296 g/mol. The fraction of sp³-hybridized carbons (Fsp3) is 0.500. The lowest BCUT2D eigenvalue weighted by Gasteiger charge is -2.27. The minimum atomic E-state index is 0.875. The van der Waals surface area contributed by atoms with E-state index in [9.17, 15) is 0 Å². The lowest BCUT2D eigenvalue weighted by molar-refractivity contribution is 0.207.